The Labute approximate surface area is 130 Å². The van der Waals surface area contributed by atoms with E-state index in [-0.39, 0.29) is 12.1 Å². The monoisotopic (exact) mass is 313 g/mol. The Morgan fingerprint density at radius 3 is 3.24 bits per heavy atom. The molecular weight excluding hydrogens is 290 g/mol. The van der Waals surface area contributed by atoms with Crippen molar-refractivity contribution in [1.82, 2.24) is 20.1 Å². The molecule has 0 bridgehead atoms. The Morgan fingerprint density at radius 2 is 2.48 bits per heavy atom. The molecule has 2 aliphatic rings. The number of hydrogen-bond donors (Lipinski definition) is 2. The summed E-state index contributed by atoms with van der Waals surface area (Å²) >= 11 is 6.34. The summed E-state index contributed by atoms with van der Waals surface area (Å²) in [6.07, 6.45) is 5.20. The largest absolute Gasteiger partial charge is 0.373 e. The third kappa shape index (κ3) is 2.96. The molecule has 0 aliphatic carbocycles. The highest BCUT2D eigenvalue weighted by Crippen LogP contribution is 2.31. The van der Waals surface area contributed by atoms with Crippen LogP contribution in [0, 0.1) is 0 Å². The van der Waals surface area contributed by atoms with E-state index in [0.29, 0.717) is 11.1 Å². The summed E-state index contributed by atoms with van der Waals surface area (Å²) in [5.41, 5.74) is 3.83. The first kappa shape index (κ1) is 15.2. The second kappa shape index (κ2) is 6.62. The lowest BCUT2D eigenvalue weighted by atomic mass is 10.0. The molecule has 21 heavy (non-hydrogen) atoms. The summed E-state index contributed by atoms with van der Waals surface area (Å²) in [7, 11) is 0. The van der Waals surface area contributed by atoms with Crippen LogP contribution in [-0.2, 0) is 11.3 Å². The molecule has 0 radical (unpaired) electrons. The summed E-state index contributed by atoms with van der Waals surface area (Å²) in [5.74, 6) is 5.82. The van der Waals surface area contributed by atoms with Crippen molar-refractivity contribution in [3.05, 3.63) is 16.9 Å². The number of ether oxygens (including phenoxy) is 1. The van der Waals surface area contributed by atoms with Gasteiger partial charge in [0, 0.05) is 19.1 Å². The molecule has 0 spiro atoms. The minimum Gasteiger partial charge on any atom is -0.373 e. The van der Waals surface area contributed by atoms with Gasteiger partial charge in [-0.25, -0.2) is 5.43 Å². The van der Waals surface area contributed by atoms with Gasteiger partial charge in [0.2, 0.25) is 0 Å². The fraction of sp³-hybridized carbons (Fsp3) is 0.786. The van der Waals surface area contributed by atoms with Gasteiger partial charge in [-0.1, -0.05) is 18.5 Å². The van der Waals surface area contributed by atoms with Crippen LogP contribution in [0.1, 0.15) is 37.9 Å². The second-order valence-electron chi connectivity index (χ2n) is 5.91. The van der Waals surface area contributed by atoms with Gasteiger partial charge in [0.25, 0.3) is 0 Å². The van der Waals surface area contributed by atoms with E-state index in [2.05, 4.69) is 22.3 Å². The zero-order chi connectivity index (χ0) is 14.8. The molecule has 0 amide bonds. The number of hydrogen-bond acceptors (Lipinski definition) is 5. The van der Waals surface area contributed by atoms with Gasteiger partial charge < -0.3 is 4.74 Å². The maximum absolute atomic E-state index is 6.34. The standard InChI is InChI=1S/C14H24ClN5O/c1-2-5-20-14(11(15)7-17-20)13(18-16)12-8-19-6-3-4-10(19)9-21-12/h7,10,12-13,18H,2-6,8-9,16H2,1H3. The van der Waals surface area contributed by atoms with E-state index >= 15 is 0 Å². The molecule has 6 nitrogen and oxygen atoms in total. The molecule has 3 rings (SSSR count). The highest BCUT2D eigenvalue weighted by Gasteiger charge is 2.37. The van der Waals surface area contributed by atoms with E-state index in [9.17, 15) is 0 Å². The van der Waals surface area contributed by atoms with Crippen molar-refractivity contribution in [3.63, 3.8) is 0 Å². The third-order valence-corrected chi connectivity index (χ3v) is 4.82. The molecule has 3 unspecified atom stereocenters. The maximum Gasteiger partial charge on any atom is 0.0925 e. The quantitative estimate of drug-likeness (QED) is 0.634. The molecule has 3 atom stereocenters. The van der Waals surface area contributed by atoms with Gasteiger partial charge >= 0.3 is 0 Å². The van der Waals surface area contributed by atoms with Gasteiger partial charge in [-0.2, -0.15) is 5.10 Å². The van der Waals surface area contributed by atoms with Crippen LogP contribution in [0.15, 0.2) is 6.20 Å². The van der Waals surface area contributed by atoms with Crippen molar-refractivity contribution < 1.29 is 4.74 Å². The van der Waals surface area contributed by atoms with Crippen molar-refractivity contribution in [2.75, 3.05) is 19.7 Å². The van der Waals surface area contributed by atoms with Crippen LogP contribution in [0.5, 0.6) is 0 Å². The van der Waals surface area contributed by atoms with Crippen molar-refractivity contribution in [2.45, 2.75) is 50.9 Å². The normalized spacial score (nSPS) is 27.8. The van der Waals surface area contributed by atoms with Crippen LogP contribution in [0.25, 0.3) is 0 Å². The molecule has 118 valence electrons. The van der Waals surface area contributed by atoms with Crippen molar-refractivity contribution in [2.24, 2.45) is 5.84 Å². The smallest absolute Gasteiger partial charge is 0.0925 e. The van der Waals surface area contributed by atoms with Crippen LogP contribution in [-0.4, -0.2) is 46.5 Å². The lowest BCUT2D eigenvalue weighted by Gasteiger charge is -2.38. The molecule has 7 heteroatoms. The van der Waals surface area contributed by atoms with Crippen LogP contribution in [0.3, 0.4) is 0 Å². The number of aryl methyl sites for hydroxylation is 1. The summed E-state index contributed by atoms with van der Waals surface area (Å²) in [5, 5.41) is 5.01. The van der Waals surface area contributed by atoms with Crippen molar-refractivity contribution in [1.29, 1.82) is 0 Å². The van der Waals surface area contributed by atoms with E-state index in [4.69, 9.17) is 22.2 Å². The van der Waals surface area contributed by atoms with Crippen LogP contribution < -0.4 is 11.3 Å². The molecule has 0 aromatic carbocycles. The minimum absolute atomic E-state index is 0.00848. The van der Waals surface area contributed by atoms with Gasteiger partial charge in [0.15, 0.2) is 0 Å². The number of nitrogens with one attached hydrogen (secondary N) is 1. The second-order valence-corrected chi connectivity index (χ2v) is 6.32. The molecule has 2 saturated heterocycles. The predicted octanol–water partition coefficient (Wildman–Crippen LogP) is 1.31. The number of morpholine rings is 1. The Bertz CT molecular complexity index is 480. The number of hydrazine groups is 1. The van der Waals surface area contributed by atoms with Gasteiger partial charge in [0.05, 0.1) is 35.7 Å². The zero-order valence-corrected chi connectivity index (χ0v) is 13.2. The van der Waals surface area contributed by atoms with E-state index < -0.39 is 0 Å². The topological polar surface area (TPSA) is 68.3 Å². The molecule has 3 heterocycles. The molecule has 2 aliphatic heterocycles. The summed E-state index contributed by atoms with van der Waals surface area (Å²) in [6.45, 7) is 5.79. The van der Waals surface area contributed by atoms with Crippen LogP contribution >= 0.6 is 11.6 Å². The molecule has 0 saturated carbocycles. The Kier molecular flexibility index (Phi) is 4.81. The molecular formula is C14H24ClN5O. The maximum atomic E-state index is 6.34. The Balaban J connectivity index is 1.80. The molecule has 2 fully saturated rings. The number of nitrogens with zero attached hydrogens (tertiary/aromatic N) is 3. The lowest BCUT2D eigenvalue weighted by Crippen LogP contribution is -2.52. The number of fused-ring (bicyclic) bond motifs is 1. The highest BCUT2D eigenvalue weighted by atomic mass is 35.5. The van der Waals surface area contributed by atoms with Crippen molar-refractivity contribution >= 4 is 11.6 Å². The number of halogens is 1. The molecule has 3 N–H and O–H groups in total. The van der Waals surface area contributed by atoms with Gasteiger partial charge in [-0.05, 0) is 25.8 Å². The van der Waals surface area contributed by atoms with E-state index in [1.165, 1.54) is 12.8 Å². The minimum atomic E-state index is -0.131. The van der Waals surface area contributed by atoms with E-state index in [1.54, 1.807) is 6.20 Å². The predicted molar refractivity (Wildman–Crippen MR) is 81.9 cm³/mol. The average molecular weight is 314 g/mol. The zero-order valence-electron chi connectivity index (χ0n) is 12.5. The molecule has 1 aromatic heterocycles. The van der Waals surface area contributed by atoms with Crippen LogP contribution in [0.4, 0.5) is 0 Å². The van der Waals surface area contributed by atoms with E-state index in [1.807, 2.05) is 4.68 Å². The van der Waals surface area contributed by atoms with Crippen LogP contribution in [0.2, 0.25) is 5.02 Å². The average Bonchev–Trinajstić information content (AvgIpc) is 3.09. The Hall–Kier alpha value is -0.660. The first-order valence-corrected chi connectivity index (χ1v) is 8.15. The Morgan fingerprint density at radius 1 is 1.62 bits per heavy atom. The third-order valence-electron chi connectivity index (χ3n) is 4.53. The lowest BCUT2D eigenvalue weighted by molar-refractivity contribution is -0.0665. The number of aromatic nitrogens is 2. The van der Waals surface area contributed by atoms with Gasteiger partial charge in [-0.15, -0.1) is 0 Å². The fourth-order valence-electron chi connectivity index (χ4n) is 3.48. The fourth-order valence-corrected chi connectivity index (χ4v) is 3.74. The summed E-state index contributed by atoms with van der Waals surface area (Å²) < 4.78 is 8.01. The highest BCUT2D eigenvalue weighted by molar-refractivity contribution is 6.31. The van der Waals surface area contributed by atoms with Crippen molar-refractivity contribution in [3.8, 4) is 0 Å². The van der Waals surface area contributed by atoms with Gasteiger partial charge in [0.1, 0.15) is 0 Å². The first-order valence-electron chi connectivity index (χ1n) is 7.77. The first-order chi connectivity index (χ1) is 10.2. The summed E-state index contributed by atoms with van der Waals surface area (Å²) in [6, 6.07) is 0.448. The SMILES string of the molecule is CCCn1ncc(Cl)c1C(NN)C1CN2CCCC2CO1. The van der Waals surface area contributed by atoms with Gasteiger partial charge in [-0.3, -0.25) is 15.4 Å². The summed E-state index contributed by atoms with van der Waals surface area (Å²) in [4.78, 5) is 2.51. The van der Waals surface area contributed by atoms with E-state index in [0.717, 1.165) is 38.4 Å². The number of nitrogens with two attached hydrogens (primary N) is 1. The molecule has 1 aromatic rings. The number of rotatable bonds is 5.